The van der Waals surface area contributed by atoms with Crippen molar-refractivity contribution in [3.05, 3.63) is 107 Å². The van der Waals surface area contributed by atoms with Crippen LogP contribution in [-0.4, -0.2) is 10.9 Å². The number of benzene rings is 3. The highest BCUT2D eigenvalue weighted by Gasteiger charge is 2.11. The minimum atomic E-state index is -0.386. The molecule has 3 aromatic carbocycles. The van der Waals surface area contributed by atoms with Crippen molar-refractivity contribution >= 4 is 22.4 Å². The molecule has 2 N–H and O–H groups in total. The van der Waals surface area contributed by atoms with E-state index in [1.165, 1.54) is 12.3 Å². The van der Waals surface area contributed by atoms with E-state index >= 15 is 0 Å². The fraction of sp³-hybridized carbons (Fsp3) is 0.0435. The number of rotatable bonds is 5. The van der Waals surface area contributed by atoms with Crippen LogP contribution in [0.1, 0.15) is 16.1 Å². The van der Waals surface area contributed by atoms with Gasteiger partial charge >= 0.3 is 0 Å². The van der Waals surface area contributed by atoms with Crippen LogP contribution in [0.3, 0.4) is 0 Å². The van der Waals surface area contributed by atoms with E-state index in [2.05, 4.69) is 10.3 Å². The van der Waals surface area contributed by atoms with Crippen molar-refractivity contribution < 1.29 is 9.53 Å². The van der Waals surface area contributed by atoms with Crippen LogP contribution in [0.2, 0.25) is 0 Å². The lowest BCUT2D eigenvalue weighted by Crippen LogP contribution is -2.18. The second-order valence-electron chi connectivity index (χ2n) is 6.33. The maximum absolute atomic E-state index is 12.6. The largest absolute Gasteiger partial charge is 0.483 e. The molecular weight excluding hydrogens is 352 g/mol. The van der Waals surface area contributed by atoms with E-state index in [9.17, 15) is 9.59 Å². The van der Waals surface area contributed by atoms with Crippen molar-refractivity contribution in [1.29, 1.82) is 0 Å². The van der Waals surface area contributed by atoms with Gasteiger partial charge in [-0.2, -0.15) is 0 Å². The lowest BCUT2D eigenvalue weighted by molar-refractivity contribution is 0.102. The zero-order chi connectivity index (χ0) is 19.3. The number of anilines is 1. The molecule has 5 heteroatoms. The molecule has 0 aliphatic rings. The lowest BCUT2D eigenvalue weighted by atomic mass is 10.1. The molecule has 5 nitrogen and oxygen atoms in total. The van der Waals surface area contributed by atoms with Crippen molar-refractivity contribution in [2.45, 2.75) is 6.61 Å². The SMILES string of the molecule is O=C(Nc1cccc2ccccc12)c1cc(=O)c(OCc2ccccc2)c[nH]1. The monoisotopic (exact) mass is 370 g/mol. The topological polar surface area (TPSA) is 71.2 Å². The van der Waals surface area contributed by atoms with Gasteiger partial charge in [-0.15, -0.1) is 0 Å². The number of hydrogen-bond donors (Lipinski definition) is 2. The number of amides is 1. The Morgan fingerprint density at radius 2 is 1.68 bits per heavy atom. The first-order valence-electron chi connectivity index (χ1n) is 8.89. The van der Waals surface area contributed by atoms with Crippen LogP contribution in [0, 0.1) is 0 Å². The maximum Gasteiger partial charge on any atom is 0.272 e. The van der Waals surface area contributed by atoms with Gasteiger partial charge < -0.3 is 15.0 Å². The Morgan fingerprint density at radius 1 is 0.929 bits per heavy atom. The molecule has 1 heterocycles. The van der Waals surface area contributed by atoms with Crippen LogP contribution in [-0.2, 0) is 6.61 Å². The van der Waals surface area contributed by atoms with E-state index in [4.69, 9.17) is 4.74 Å². The zero-order valence-corrected chi connectivity index (χ0v) is 15.0. The molecule has 4 rings (SSSR count). The molecule has 4 aromatic rings. The normalized spacial score (nSPS) is 10.6. The average Bonchev–Trinajstić information content (AvgIpc) is 2.74. The Labute approximate surface area is 161 Å². The molecular formula is C23H18N2O3. The number of carbonyl (C=O) groups excluding carboxylic acids is 1. The summed E-state index contributed by atoms with van der Waals surface area (Å²) in [6.07, 6.45) is 1.42. The van der Waals surface area contributed by atoms with Crippen LogP contribution in [0.4, 0.5) is 5.69 Å². The molecule has 0 spiro atoms. The first-order valence-corrected chi connectivity index (χ1v) is 8.89. The summed E-state index contributed by atoms with van der Waals surface area (Å²) in [5, 5.41) is 4.82. The van der Waals surface area contributed by atoms with Gasteiger partial charge in [0, 0.05) is 23.3 Å². The van der Waals surface area contributed by atoms with Gasteiger partial charge in [0.2, 0.25) is 5.43 Å². The highest BCUT2D eigenvalue weighted by molar-refractivity contribution is 6.08. The van der Waals surface area contributed by atoms with E-state index in [0.29, 0.717) is 5.69 Å². The van der Waals surface area contributed by atoms with E-state index in [-0.39, 0.29) is 29.4 Å². The Balaban J connectivity index is 1.50. The van der Waals surface area contributed by atoms with Crippen molar-refractivity contribution in [2.24, 2.45) is 0 Å². The Kier molecular flexibility index (Phi) is 4.89. The third-order valence-electron chi connectivity index (χ3n) is 4.40. The minimum Gasteiger partial charge on any atom is -0.483 e. The van der Waals surface area contributed by atoms with Gasteiger partial charge in [0.1, 0.15) is 12.3 Å². The molecule has 28 heavy (non-hydrogen) atoms. The Hall–Kier alpha value is -3.86. The summed E-state index contributed by atoms with van der Waals surface area (Å²) in [6, 6.07) is 24.3. The van der Waals surface area contributed by atoms with Gasteiger partial charge in [0.25, 0.3) is 5.91 Å². The van der Waals surface area contributed by atoms with Gasteiger partial charge in [-0.3, -0.25) is 9.59 Å². The smallest absolute Gasteiger partial charge is 0.272 e. The Bertz CT molecular complexity index is 1180. The first-order chi connectivity index (χ1) is 13.7. The molecule has 0 saturated heterocycles. The lowest BCUT2D eigenvalue weighted by Gasteiger charge is -2.10. The summed E-state index contributed by atoms with van der Waals surface area (Å²) in [4.78, 5) is 27.7. The number of carbonyl (C=O) groups is 1. The van der Waals surface area contributed by atoms with Crippen LogP contribution >= 0.6 is 0 Å². The number of aromatic amines is 1. The van der Waals surface area contributed by atoms with E-state index < -0.39 is 0 Å². The number of hydrogen-bond acceptors (Lipinski definition) is 3. The van der Waals surface area contributed by atoms with Crippen LogP contribution in [0.15, 0.2) is 89.9 Å². The number of nitrogens with one attached hydrogen (secondary N) is 2. The van der Waals surface area contributed by atoms with Gasteiger partial charge in [-0.1, -0.05) is 66.7 Å². The predicted octanol–water partition coefficient (Wildman–Crippen LogP) is 4.36. The fourth-order valence-corrected chi connectivity index (χ4v) is 2.96. The van der Waals surface area contributed by atoms with Gasteiger partial charge in [0.15, 0.2) is 5.75 Å². The van der Waals surface area contributed by atoms with E-state index in [1.54, 1.807) is 0 Å². The third kappa shape index (κ3) is 3.78. The summed E-state index contributed by atoms with van der Waals surface area (Å²) in [5.74, 6) is -0.214. The summed E-state index contributed by atoms with van der Waals surface area (Å²) >= 11 is 0. The molecule has 0 saturated carbocycles. The fourth-order valence-electron chi connectivity index (χ4n) is 2.96. The van der Waals surface area contributed by atoms with Crippen molar-refractivity contribution in [3.8, 4) is 5.75 Å². The molecule has 0 aliphatic heterocycles. The van der Waals surface area contributed by atoms with Gasteiger partial charge in [-0.05, 0) is 17.0 Å². The predicted molar refractivity (Wildman–Crippen MR) is 110 cm³/mol. The molecule has 1 aromatic heterocycles. The molecule has 0 unspecified atom stereocenters. The maximum atomic E-state index is 12.6. The molecule has 0 aliphatic carbocycles. The summed E-state index contributed by atoms with van der Waals surface area (Å²) < 4.78 is 5.56. The molecule has 0 radical (unpaired) electrons. The third-order valence-corrected chi connectivity index (χ3v) is 4.40. The highest BCUT2D eigenvalue weighted by Crippen LogP contribution is 2.23. The van der Waals surface area contributed by atoms with Crippen molar-refractivity contribution in [1.82, 2.24) is 4.98 Å². The molecule has 1 amide bonds. The van der Waals surface area contributed by atoms with Crippen LogP contribution in [0.5, 0.6) is 5.75 Å². The number of fused-ring (bicyclic) bond motifs is 1. The van der Waals surface area contributed by atoms with Gasteiger partial charge in [0.05, 0.1) is 0 Å². The molecule has 0 fully saturated rings. The highest BCUT2D eigenvalue weighted by atomic mass is 16.5. The Morgan fingerprint density at radius 3 is 2.50 bits per heavy atom. The first kappa shape index (κ1) is 17.5. The summed E-state index contributed by atoms with van der Waals surface area (Å²) in [7, 11) is 0. The summed E-state index contributed by atoms with van der Waals surface area (Å²) in [5.41, 5.74) is 1.47. The van der Waals surface area contributed by atoms with Crippen LogP contribution < -0.4 is 15.5 Å². The zero-order valence-electron chi connectivity index (χ0n) is 15.0. The number of H-pyrrole nitrogens is 1. The van der Waals surface area contributed by atoms with E-state index in [1.807, 2.05) is 72.8 Å². The molecule has 138 valence electrons. The van der Waals surface area contributed by atoms with Crippen molar-refractivity contribution in [2.75, 3.05) is 5.32 Å². The van der Waals surface area contributed by atoms with Crippen LogP contribution in [0.25, 0.3) is 10.8 Å². The second kappa shape index (κ2) is 7.80. The van der Waals surface area contributed by atoms with Crippen molar-refractivity contribution in [3.63, 3.8) is 0 Å². The number of aromatic nitrogens is 1. The molecule has 0 atom stereocenters. The standard InChI is InChI=1S/C23H18N2O3/c26-21-13-20(24-14-22(21)28-15-16-7-2-1-3-8-16)23(27)25-19-12-6-10-17-9-4-5-11-18(17)19/h1-14H,15H2,(H,24,26)(H,25,27). The number of ether oxygens (including phenoxy) is 1. The quantitative estimate of drug-likeness (QED) is 0.548. The average molecular weight is 370 g/mol. The van der Waals surface area contributed by atoms with Gasteiger partial charge in [-0.25, -0.2) is 0 Å². The van der Waals surface area contributed by atoms with E-state index in [0.717, 1.165) is 16.3 Å². The number of pyridine rings is 1. The summed E-state index contributed by atoms with van der Waals surface area (Å²) in [6.45, 7) is 0.283. The second-order valence-corrected chi connectivity index (χ2v) is 6.33. The molecule has 0 bridgehead atoms. The minimum absolute atomic E-state index is 0.171.